The monoisotopic (exact) mass is 486 g/mol. The molecule has 1 unspecified atom stereocenters. The highest BCUT2D eigenvalue weighted by atomic mass is 35.5. The first kappa shape index (κ1) is 22.3. The molecule has 0 aliphatic carbocycles. The molecule has 5 nitrogen and oxygen atoms in total. The second kappa shape index (κ2) is 9.41. The maximum Gasteiger partial charge on any atom is 0.258 e. The van der Waals surface area contributed by atoms with Crippen LogP contribution in [0.3, 0.4) is 0 Å². The number of nitrogens with zero attached hydrogens (tertiary/aromatic N) is 3. The van der Waals surface area contributed by atoms with Gasteiger partial charge in [0.1, 0.15) is 0 Å². The zero-order valence-corrected chi connectivity index (χ0v) is 20.4. The van der Waals surface area contributed by atoms with Crippen molar-refractivity contribution in [2.24, 2.45) is 0 Å². The smallest absolute Gasteiger partial charge is 0.258 e. The van der Waals surface area contributed by atoms with Crippen LogP contribution in [-0.2, 0) is 6.42 Å². The SMILES string of the molecule is CCc1ccc(C2NC(=S)N(c3ccc(Cl)cc3)C(C)=C2c2nc(-c3ccccc3)no2)cc1. The molecule has 3 aromatic carbocycles. The number of rotatable bonds is 5. The van der Waals surface area contributed by atoms with Gasteiger partial charge in [-0.05, 0) is 61.0 Å². The van der Waals surface area contributed by atoms with E-state index in [1.165, 1.54) is 5.56 Å². The molecule has 0 bridgehead atoms. The lowest BCUT2D eigenvalue weighted by molar-refractivity contribution is 0.404. The molecule has 1 aliphatic heterocycles. The summed E-state index contributed by atoms with van der Waals surface area (Å²) in [5, 5.41) is 9.02. The van der Waals surface area contributed by atoms with Crippen LogP contribution >= 0.6 is 23.8 Å². The molecule has 0 amide bonds. The Labute approximate surface area is 209 Å². The number of allylic oxidation sites excluding steroid dienone is 1. The average Bonchev–Trinajstić information content (AvgIpc) is 3.35. The van der Waals surface area contributed by atoms with E-state index in [0.717, 1.165) is 34.5 Å². The third-order valence-corrected chi connectivity index (χ3v) is 6.53. The summed E-state index contributed by atoms with van der Waals surface area (Å²) in [5.74, 6) is 0.997. The summed E-state index contributed by atoms with van der Waals surface area (Å²) < 4.78 is 5.81. The van der Waals surface area contributed by atoms with Crippen molar-refractivity contribution in [2.45, 2.75) is 26.3 Å². The van der Waals surface area contributed by atoms with Gasteiger partial charge >= 0.3 is 0 Å². The van der Waals surface area contributed by atoms with Gasteiger partial charge in [-0.25, -0.2) is 0 Å². The van der Waals surface area contributed by atoms with Gasteiger partial charge in [0.05, 0.1) is 11.6 Å². The van der Waals surface area contributed by atoms with Crippen LogP contribution in [0.1, 0.15) is 36.9 Å². The number of thiocarbonyl (C=S) groups is 1. The predicted molar refractivity (Wildman–Crippen MR) is 141 cm³/mol. The predicted octanol–water partition coefficient (Wildman–Crippen LogP) is 6.82. The number of hydrogen-bond donors (Lipinski definition) is 1. The Morgan fingerprint density at radius 3 is 2.38 bits per heavy atom. The van der Waals surface area contributed by atoms with Crippen molar-refractivity contribution in [1.29, 1.82) is 0 Å². The van der Waals surface area contributed by atoms with Gasteiger partial charge in [-0.3, -0.25) is 4.90 Å². The van der Waals surface area contributed by atoms with Crippen LogP contribution in [0.2, 0.25) is 5.02 Å². The fourth-order valence-electron chi connectivity index (χ4n) is 4.15. The number of aryl methyl sites for hydroxylation is 1. The number of anilines is 1. The third-order valence-electron chi connectivity index (χ3n) is 5.98. The van der Waals surface area contributed by atoms with Crippen LogP contribution in [-0.4, -0.2) is 15.3 Å². The van der Waals surface area contributed by atoms with E-state index >= 15 is 0 Å². The quantitative estimate of drug-likeness (QED) is 0.312. The van der Waals surface area contributed by atoms with Gasteiger partial charge in [0, 0.05) is 22.0 Å². The Balaban J connectivity index is 1.64. The van der Waals surface area contributed by atoms with E-state index in [2.05, 4.69) is 41.7 Å². The average molecular weight is 487 g/mol. The van der Waals surface area contributed by atoms with E-state index in [1.807, 2.05) is 66.4 Å². The summed E-state index contributed by atoms with van der Waals surface area (Å²) in [6.07, 6.45) is 0.979. The van der Waals surface area contributed by atoms with Gasteiger partial charge in [-0.2, -0.15) is 4.98 Å². The fourth-order valence-corrected chi connectivity index (χ4v) is 4.64. The molecule has 0 saturated heterocycles. The minimum atomic E-state index is -0.231. The number of hydrogen-bond acceptors (Lipinski definition) is 4. The molecule has 7 heteroatoms. The summed E-state index contributed by atoms with van der Waals surface area (Å²) in [7, 11) is 0. The van der Waals surface area contributed by atoms with Crippen molar-refractivity contribution >= 4 is 40.2 Å². The summed E-state index contributed by atoms with van der Waals surface area (Å²) >= 11 is 11.9. The van der Waals surface area contributed by atoms with Gasteiger partial charge in [0.15, 0.2) is 5.11 Å². The summed E-state index contributed by atoms with van der Waals surface area (Å²) in [6, 6.07) is 25.7. The molecule has 34 heavy (non-hydrogen) atoms. The molecule has 1 aliphatic rings. The second-order valence-electron chi connectivity index (χ2n) is 8.08. The molecule has 5 rings (SSSR count). The summed E-state index contributed by atoms with van der Waals surface area (Å²) in [4.78, 5) is 6.74. The molecule has 1 N–H and O–H groups in total. The fraction of sp³-hybridized carbons (Fsp3) is 0.148. The molecule has 0 fully saturated rings. The van der Waals surface area contributed by atoms with Crippen LogP contribution < -0.4 is 10.2 Å². The number of benzene rings is 3. The van der Waals surface area contributed by atoms with Gasteiger partial charge in [-0.1, -0.05) is 78.3 Å². The van der Waals surface area contributed by atoms with E-state index < -0.39 is 0 Å². The zero-order valence-electron chi connectivity index (χ0n) is 18.8. The van der Waals surface area contributed by atoms with Crippen molar-refractivity contribution in [2.75, 3.05) is 4.90 Å². The molecule has 1 aromatic heterocycles. The highest BCUT2D eigenvalue weighted by Crippen LogP contribution is 2.39. The Morgan fingerprint density at radius 1 is 1.00 bits per heavy atom. The summed E-state index contributed by atoms with van der Waals surface area (Å²) in [5.41, 5.74) is 5.94. The minimum Gasteiger partial charge on any atom is -0.351 e. The van der Waals surface area contributed by atoms with Crippen LogP contribution in [0.4, 0.5) is 5.69 Å². The van der Waals surface area contributed by atoms with E-state index in [-0.39, 0.29) is 6.04 Å². The zero-order chi connectivity index (χ0) is 23.7. The van der Waals surface area contributed by atoms with Gasteiger partial charge in [-0.15, -0.1) is 0 Å². The number of nitrogens with one attached hydrogen (secondary N) is 1. The third kappa shape index (κ3) is 4.22. The van der Waals surface area contributed by atoms with Gasteiger partial charge in [0.25, 0.3) is 5.89 Å². The second-order valence-corrected chi connectivity index (χ2v) is 8.90. The molecule has 2 heterocycles. The highest BCUT2D eigenvalue weighted by molar-refractivity contribution is 7.80. The van der Waals surface area contributed by atoms with Crippen LogP contribution in [0.25, 0.3) is 17.0 Å². The first-order valence-corrected chi connectivity index (χ1v) is 11.9. The number of halogens is 1. The minimum absolute atomic E-state index is 0.231. The van der Waals surface area contributed by atoms with Crippen LogP contribution in [0, 0.1) is 0 Å². The Morgan fingerprint density at radius 2 is 1.71 bits per heavy atom. The number of aromatic nitrogens is 2. The Kier molecular flexibility index (Phi) is 6.18. The first-order chi connectivity index (χ1) is 16.5. The van der Waals surface area contributed by atoms with Crippen molar-refractivity contribution in [3.05, 3.63) is 107 Å². The van der Waals surface area contributed by atoms with Gasteiger partial charge < -0.3 is 9.84 Å². The summed E-state index contributed by atoms with van der Waals surface area (Å²) in [6.45, 7) is 4.17. The molecular formula is C27H23ClN4OS. The molecule has 1 atom stereocenters. The van der Waals surface area contributed by atoms with E-state index in [0.29, 0.717) is 21.9 Å². The molecule has 0 spiro atoms. The van der Waals surface area contributed by atoms with E-state index in [4.69, 9.17) is 33.3 Å². The topological polar surface area (TPSA) is 54.2 Å². The molecule has 170 valence electrons. The molecule has 0 radical (unpaired) electrons. The maximum atomic E-state index is 6.12. The lowest BCUT2D eigenvalue weighted by Gasteiger charge is -2.37. The lowest BCUT2D eigenvalue weighted by Crippen LogP contribution is -2.46. The molecular weight excluding hydrogens is 464 g/mol. The Bertz CT molecular complexity index is 1350. The van der Waals surface area contributed by atoms with E-state index in [1.54, 1.807) is 0 Å². The van der Waals surface area contributed by atoms with Crippen molar-refractivity contribution in [3.8, 4) is 11.4 Å². The first-order valence-electron chi connectivity index (χ1n) is 11.1. The lowest BCUT2D eigenvalue weighted by atomic mass is 9.93. The molecule has 0 saturated carbocycles. The normalized spacial score (nSPS) is 16.0. The largest absolute Gasteiger partial charge is 0.351 e. The van der Waals surface area contributed by atoms with Crippen LogP contribution in [0.5, 0.6) is 0 Å². The van der Waals surface area contributed by atoms with Gasteiger partial charge in [0.2, 0.25) is 5.82 Å². The van der Waals surface area contributed by atoms with Crippen molar-refractivity contribution in [1.82, 2.24) is 15.5 Å². The highest BCUT2D eigenvalue weighted by Gasteiger charge is 2.34. The van der Waals surface area contributed by atoms with Crippen molar-refractivity contribution in [3.63, 3.8) is 0 Å². The van der Waals surface area contributed by atoms with E-state index in [9.17, 15) is 0 Å². The standard InChI is InChI=1S/C27H23ClN4OS/c1-3-18-9-11-19(12-10-18)24-23(26-30-25(31-33-26)20-7-5-4-6-8-20)17(2)32(27(34)29-24)22-15-13-21(28)14-16-22/h4-16,24H,3H2,1-2H3,(H,29,34). The maximum absolute atomic E-state index is 6.12. The molecule has 4 aromatic rings. The Hall–Kier alpha value is -3.48. The van der Waals surface area contributed by atoms with Crippen molar-refractivity contribution < 1.29 is 4.52 Å². The van der Waals surface area contributed by atoms with Crippen LogP contribution in [0.15, 0.2) is 89.1 Å².